The number of carbonyl (C=O) groups excluding carboxylic acids is 1. The van der Waals surface area contributed by atoms with Crippen molar-refractivity contribution in [1.82, 2.24) is 0 Å². The fourth-order valence-corrected chi connectivity index (χ4v) is 7.11. The predicted octanol–water partition coefficient (Wildman–Crippen LogP) is 4.37. The first-order valence-corrected chi connectivity index (χ1v) is 11.7. The van der Waals surface area contributed by atoms with E-state index in [1.54, 1.807) is 20.8 Å². The van der Waals surface area contributed by atoms with E-state index in [1.165, 1.54) is 0 Å². The number of carbonyl (C=O) groups is 1. The molecule has 2 aliphatic rings. The van der Waals surface area contributed by atoms with E-state index < -0.39 is 67.4 Å². The molecule has 0 aliphatic carbocycles. The lowest BCUT2D eigenvalue weighted by Gasteiger charge is -2.27. The van der Waals surface area contributed by atoms with Crippen molar-refractivity contribution in [2.45, 2.75) is 44.4 Å². The largest absolute Gasteiger partial charge is 0.416 e. The van der Waals surface area contributed by atoms with Gasteiger partial charge in [0.05, 0.1) is 28.7 Å². The second-order valence-electron chi connectivity index (χ2n) is 8.38. The molecule has 0 N–H and O–H groups in total. The van der Waals surface area contributed by atoms with E-state index in [0.29, 0.717) is 12.1 Å². The van der Waals surface area contributed by atoms with Gasteiger partial charge in [0, 0.05) is 16.4 Å². The number of sulfone groups is 1. The smallest absolute Gasteiger partial charge is 0.316 e. The first-order valence-electron chi connectivity index (χ1n) is 8.97. The van der Waals surface area contributed by atoms with E-state index >= 15 is 0 Å². The number of thioether (sulfide) groups is 1. The highest BCUT2D eigenvalue weighted by molar-refractivity contribution is 8.16. The number of alkyl halides is 6. The van der Waals surface area contributed by atoms with E-state index in [9.17, 15) is 39.6 Å². The molecule has 13 heteroatoms. The highest BCUT2D eigenvalue weighted by atomic mass is 32.2. The van der Waals surface area contributed by atoms with Crippen LogP contribution in [0.3, 0.4) is 0 Å². The zero-order chi connectivity index (χ0) is 23.6. The van der Waals surface area contributed by atoms with Crippen LogP contribution in [0.5, 0.6) is 0 Å². The number of fused-ring (bicyclic) bond motifs is 1. The van der Waals surface area contributed by atoms with Crippen LogP contribution < -0.4 is 4.90 Å². The van der Waals surface area contributed by atoms with Gasteiger partial charge >= 0.3 is 12.4 Å². The summed E-state index contributed by atoms with van der Waals surface area (Å²) < 4.78 is 104. The Morgan fingerprint density at radius 3 is 1.97 bits per heavy atom. The van der Waals surface area contributed by atoms with Crippen molar-refractivity contribution >= 4 is 38.4 Å². The summed E-state index contributed by atoms with van der Waals surface area (Å²) in [6.45, 7) is 4.67. The monoisotopic (exact) mass is 488 g/mol. The van der Waals surface area contributed by atoms with Gasteiger partial charge in [0.2, 0.25) is 0 Å². The van der Waals surface area contributed by atoms with Gasteiger partial charge in [0.15, 0.2) is 15.0 Å². The molecule has 172 valence electrons. The van der Waals surface area contributed by atoms with Crippen LogP contribution in [-0.2, 0) is 27.0 Å². The summed E-state index contributed by atoms with van der Waals surface area (Å²) in [5, 5.41) is -0.780. The number of hydrogen-bond acceptors (Lipinski definition) is 4. The lowest BCUT2D eigenvalue weighted by atomic mass is 9.96. The number of rotatable bonds is 1. The van der Waals surface area contributed by atoms with Crippen LogP contribution in [0.4, 0.5) is 32.0 Å². The number of aliphatic imine (C=N–C) groups is 1. The number of hydrogen-bond donors (Lipinski definition) is 0. The molecule has 2 heterocycles. The molecule has 0 unspecified atom stereocenters. The van der Waals surface area contributed by atoms with Gasteiger partial charge in [0.1, 0.15) is 0 Å². The summed E-state index contributed by atoms with van der Waals surface area (Å²) in [5.41, 5.74) is -4.53. The standard InChI is InChI=1S/C18H18F6N2O3S2/c1-16(2,3)14(27)25-15-26(12-7-31(28,29)8-13(12)30-15)11-5-9(17(19,20)21)4-10(6-11)18(22,23)24/h4-6,12-13H,7-8H2,1-3H3/t12-,13-/m1/s1. The highest BCUT2D eigenvalue weighted by Crippen LogP contribution is 2.44. The highest BCUT2D eigenvalue weighted by Gasteiger charge is 2.50. The Kier molecular flexibility index (Phi) is 5.70. The van der Waals surface area contributed by atoms with Gasteiger partial charge in [-0.1, -0.05) is 32.5 Å². The molecule has 1 amide bonds. The Morgan fingerprint density at radius 1 is 1.00 bits per heavy atom. The molecule has 1 aromatic carbocycles. The average Bonchev–Trinajstić information content (AvgIpc) is 3.02. The molecule has 0 spiro atoms. The zero-order valence-electron chi connectivity index (χ0n) is 16.5. The molecular weight excluding hydrogens is 470 g/mol. The molecule has 1 aromatic rings. The predicted molar refractivity (Wildman–Crippen MR) is 105 cm³/mol. The maximum Gasteiger partial charge on any atom is 0.416 e. The molecular formula is C18H18F6N2O3S2. The first-order chi connectivity index (χ1) is 13.9. The molecule has 0 saturated carbocycles. The number of benzene rings is 1. The maximum absolute atomic E-state index is 13.3. The van der Waals surface area contributed by atoms with Crippen LogP contribution in [0.1, 0.15) is 31.9 Å². The third-order valence-electron chi connectivity index (χ3n) is 4.76. The zero-order valence-corrected chi connectivity index (χ0v) is 18.1. The Bertz CT molecular complexity index is 1010. The Labute approximate surface area is 178 Å². The normalized spacial score (nSPS) is 25.2. The van der Waals surface area contributed by atoms with Crippen LogP contribution >= 0.6 is 11.8 Å². The van der Waals surface area contributed by atoms with Crippen LogP contribution in [0.25, 0.3) is 0 Å². The minimum atomic E-state index is -5.07. The Hall–Kier alpha value is -1.76. The molecule has 0 bridgehead atoms. The SMILES string of the molecule is CC(C)(C)C(=O)N=C1S[C@@H]2CS(=O)(=O)C[C@H]2N1c1cc(C(F)(F)F)cc(C(F)(F)F)c1. The minimum Gasteiger partial charge on any atom is -0.316 e. The maximum atomic E-state index is 13.3. The van der Waals surface area contributed by atoms with Gasteiger partial charge in [0.25, 0.3) is 5.91 Å². The summed E-state index contributed by atoms with van der Waals surface area (Å²) in [6, 6.07) is 0.0821. The fraction of sp³-hybridized carbons (Fsp3) is 0.556. The summed E-state index contributed by atoms with van der Waals surface area (Å²) in [7, 11) is -3.55. The number of nitrogens with zero attached hydrogens (tertiary/aromatic N) is 2. The van der Waals surface area contributed by atoms with Crippen molar-refractivity contribution in [2.75, 3.05) is 16.4 Å². The lowest BCUT2D eigenvalue weighted by Crippen LogP contribution is -2.38. The van der Waals surface area contributed by atoms with Crippen LogP contribution in [0.15, 0.2) is 23.2 Å². The summed E-state index contributed by atoms with van der Waals surface area (Å²) in [4.78, 5) is 17.3. The van der Waals surface area contributed by atoms with Crippen LogP contribution in [0.2, 0.25) is 0 Å². The van der Waals surface area contributed by atoms with E-state index in [0.717, 1.165) is 16.7 Å². The van der Waals surface area contributed by atoms with E-state index in [-0.39, 0.29) is 17.0 Å². The quantitative estimate of drug-likeness (QED) is 0.550. The molecule has 0 aromatic heterocycles. The topological polar surface area (TPSA) is 66.8 Å². The molecule has 3 rings (SSSR count). The van der Waals surface area contributed by atoms with Gasteiger partial charge in [-0.05, 0) is 18.2 Å². The van der Waals surface area contributed by atoms with E-state index in [2.05, 4.69) is 4.99 Å². The van der Waals surface area contributed by atoms with Crippen molar-refractivity contribution in [3.8, 4) is 0 Å². The Balaban J connectivity index is 2.20. The average molecular weight is 488 g/mol. The molecule has 2 saturated heterocycles. The Morgan fingerprint density at radius 2 is 1.52 bits per heavy atom. The van der Waals surface area contributed by atoms with Crippen LogP contribution in [-0.4, -0.2) is 42.3 Å². The number of halogens is 6. The third-order valence-corrected chi connectivity index (χ3v) is 7.97. The summed E-state index contributed by atoms with van der Waals surface area (Å²) in [5.74, 6) is -1.41. The third kappa shape index (κ3) is 5.02. The first kappa shape index (κ1) is 23.9. The molecule has 5 nitrogen and oxygen atoms in total. The van der Waals surface area contributed by atoms with Gasteiger partial charge in [-0.2, -0.15) is 31.3 Å². The number of amides is 1. The van der Waals surface area contributed by atoms with Crippen LogP contribution in [0, 0.1) is 5.41 Å². The lowest BCUT2D eigenvalue weighted by molar-refractivity contribution is -0.143. The van der Waals surface area contributed by atoms with Gasteiger partial charge in [-0.3, -0.25) is 4.79 Å². The van der Waals surface area contributed by atoms with Crippen molar-refractivity contribution < 1.29 is 39.6 Å². The molecule has 2 fully saturated rings. The van der Waals surface area contributed by atoms with Crippen molar-refractivity contribution in [3.63, 3.8) is 0 Å². The van der Waals surface area contributed by atoms with Gasteiger partial charge in [-0.25, -0.2) is 8.42 Å². The second-order valence-corrected chi connectivity index (χ2v) is 11.7. The summed E-state index contributed by atoms with van der Waals surface area (Å²) >= 11 is 0.871. The van der Waals surface area contributed by atoms with Gasteiger partial charge in [-0.15, -0.1) is 0 Å². The molecule has 31 heavy (non-hydrogen) atoms. The summed E-state index contributed by atoms with van der Waals surface area (Å²) in [6.07, 6.45) is -10.1. The fourth-order valence-electron chi connectivity index (χ4n) is 3.20. The molecule has 2 atom stereocenters. The molecule has 0 radical (unpaired) electrons. The van der Waals surface area contributed by atoms with Crippen molar-refractivity contribution in [3.05, 3.63) is 29.3 Å². The van der Waals surface area contributed by atoms with E-state index in [4.69, 9.17) is 0 Å². The van der Waals surface area contributed by atoms with Crippen molar-refractivity contribution in [1.29, 1.82) is 0 Å². The second kappa shape index (κ2) is 7.39. The van der Waals surface area contributed by atoms with E-state index in [1.807, 2.05) is 0 Å². The molecule has 2 aliphatic heterocycles. The van der Waals surface area contributed by atoms with Crippen molar-refractivity contribution in [2.24, 2.45) is 10.4 Å². The number of anilines is 1. The minimum absolute atomic E-state index is 0.00723. The van der Waals surface area contributed by atoms with Gasteiger partial charge < -0.3 is 4.90 Å². The number of amidine groups is 1.